The SMILES string of the molecule is Cc1cc(NC(=O)C(=O)N(CCO)CCO)ccc1Br. The topological polar surface area (TPSA) is 89.9 Å². The van der Waals surface area contributed by atoms with Crippen LogP contribution in [0.4, 0.5) is 5.69 Å². The summed E-state index contributed by atoms with van der Waals surface area (Å²) in [5.41, 5.74) is 1.44. The van der Waals surface area contributed by atoms with Crippen LogP contribution in [0.15, 0.2) is 22.7 Å². The Labute approximate surface area is 125 Å². The fourth-order valence-electron chi connectivity index (χ4n) is 1.61. The molecule has 0 unspecified atom stereocenters. The molecule has 0 radical (unpaired) electrons. The number of nitrogens with one attached hydrogen (secondary N) is 1. The molecule has 0 saturated heterocycles. The molecular formula is C13H17BrN2O4. The maximum Gasteiger partial charge on any atom is 0.313 e. The molecule has 0 aliphatic carbocycles. The molecule has 0 saturated carbocycles. The van der Waals surface area contributed by atoms with E-state index in [1.165, 1.54) is 0 Å². The number of benzene rings is 1. The minimum absolute atomic E-state index is 0.00613. The van der Waals surface area contributed by atoms with E-state index in [9.17, 15) is 9.59 Å². The Bertz CT molecular complexity index is 487. The maximum absolute atomic E-state index is 11.9. The van der Waals surface area contributed by atoms with Gasteiger partial charge in [0.05, 0.1) is 13.2 Å². The summed E-state index contributed by atoms with van der Waals surface area (Å²) in [7, 11) is 0. The second-order valence-electron chi connectivity index (χ2n) is 4.16. The van der Waals surface area contributed by atoms with Crippen molar-refractivity contribution in [2.24, 2.45) is 0 Å². The van der Waals surface area contributed by atoms with Crippen LogP contribution < -0.4 is 5.32 Å². The van der Waals surface area contributed by atoms with E-state index >= 15 is 0 Å². The van der Waals surface area contributed by atoms with E-state index in [2.05, 4.69) is 21.2 Å². The van der Waals surface area contributed by atoms with Gasteiger partial charge in [0.25, 0.3) is 0 Å². The lowest BCUT2D eigenvalue weighted by Gasteiger charge is -2.19. The summed E-state index contributed by atoms with van der Waals surface area (Å²) in [4.78, 5) is 24.8. The zero-order chi connectivity index (χ0) is 15.1. The van der Waals surface area contributed by atoms with Crippen molar-refractivity contribution >= 4 is 33.4 Å². The summed E-state index contributed by atoms with van der Waals surface area (Å²) in [6.45, 7) is 1.34. The summed E-state index contributed by atoms with van der Waals surface area (Å²) in [5, 5.41) is 20.2. The Morgan fingerprint density at radius 2 is 1.85 bits per heavy atom. The first-order valence-corrected chi connectivity index (χ1v) is 6.87. The van der Waals surface area contributed by atoms with Gasteiger partial charge in [-0.05, 0) is 30.7 Å². The Hall–Kier alpha value is -1.44. The van der Waals surface area contributed by atoms with Gasteiger partial charge in [-0.25, -0.2) is 0 Å². The molecule has 0 aliphatic rings. The van der Waals surface area contributed by atoms with Gasteiger partial charge in [0.15, 0.2) is 0 Å². The minimum Gasteiger partial charge on any atom is -0.395 e. The van der Waals surface area contributed by atoms with Gasteiger partial charge in [0.1, 0.15) is 0 Å². The molecule has 0 aliphatic heterocycles. The first kappa shape index (κ1) is 16.6. The van der Waals surface area contributed by atoms with E-state index in [4.69, 9.17) is 10.2 Å². The third-order valence-electron chi connectivity index (χ3n) is 2.64. The highest BCUT2D eigenvalue weighted by Crippen LogP contribution is 2.19. The van der Waals surface area contributed by atoms with Gasteiger partial charge < -0.3 is 20.4 Å². The average Bonchev–Trinajstić information content (AvgIpc) is 2.42. The lowest BCUT2D eigenvalue weighted by Crippen LogP contribution is -2.42. The van der Waals surface area contributed by atoms with Gasteiger partial charge >= 0.3 is 11.8 Å². The zero-order valence-electron chi connectivity index (χ0n) is 11.1. The Kier molecular flexibility index (Phi) is 6.63. The lowest BCUT2D eigenvalue weighted by atomic mass is 10.2. The van der Waals surface area contributed by atoms with Gasteiger partial charge in [-0.2, -0.15) is 0 Å². The van der Waals surface area contributed by atoms with Crippen LogP contribution in [-0.4, -0.2) is 53.2 Å². The smallest absolute Gasteiger partial charge is 0.313 e. The van der Waals surface area contributed by atoms with Crippen LogP contribution in [0, 0.1) is 6.92 Å². The molecule has 1 rings (SSSR count). The van der Waals surface area contributed by atoms with Gasteiger partial charge in [-0.15, -0.1) is 0 Å². The van der Waals surface area contributed by atoms with Crippen LogP contribution in [0.2, 0.25) is 0 Å². The number of hydrogen-bond acceptors (Lipinski definition) is 4. The van der Waals surface area contributed by atoms with Crippen molar-refractivity contribution in [1.82, 2.24) is 4.90 Å². The molecule has 0 spiro atoms. The first-order chi connectivity index (χ1) is 9.49. The number of aryl methyl sites for hydroxylation is 1. The largest absolute Gasteiger partial charge is 0.395 e. The van der Waals surface area contributed by atoms with Gasteiger partial charge in [0.2, 0.25) is 0 Å². The second kappa shape index (κ2) is 7.98. The molecule has 6 nitrogen and oxygen atoms in total. The van der Waals surface area contributed by atoms with Crippen molar-refractivity contribution in [3.05, 3.63) is 28.2 Å². The van der Waals surface area contributed by atoms with E-state index in [0.717, 1.165) is 14.9 Å². The van der Waals surface area contributed by atoms with Crippen LogP contribution >= 0.6 is 15.9 Å². The minimum atomic E-state index is -0.798. The molecule has 1 aromatic carbocycles. The van der Waals surface area contributed by atoms with Crippen molar-refractivity contribution in [1.29, 1.82) is 0 Å². The van der Waals surface area contributed by atoms with Crippen molar-refractivity contribution in [3.63, 3.8) is 0 Å². The summed E-state index contributed by atoms with van der Waals surface area (Å²) >= 11 is 3.35. The third-order valence-corrected chi connectivity index (χ3v) is 3.53. The molecule has 1 aromatic rings. The number of halogens is 1. The Morgan fingerprint density at radius 3 is 2.35 bits per heavy atom. The molecule has 110 valence electrons. The molecule has 3 N–H and O–H groups in total. The Morgan fingerprint density at radius 1 is 1.25 bits per heavy atom. The first-order valence-electron chi connectivity index (χ1n) is 6.07. The predicted octanol–water partition coefficient (Wildman–Crippen LogP) is 0.509. The van der Waals surface area contributed by atoms with Gasteiger partial charge in [0, 0.05) is 23.2 Å². The van der Waals surface area contributed by atoms with E-state index in [0.29, 0.717) is 5.69 Å². The van der Waals surface area contributed by atoms with Crippen LogP contribution in [0.3, 0.4) is 0 Å². The van der Waals surface area contributed by atoms with Crippen LogP contribution in [0.5, 0.6) is 0 Å². The number of carbonyl (C=O) groups excluding carboxylic acids is 2. The highest BCUT2D eigenvalue weighted by atomic mass is 79.9. The summed E-state index contributed by atoms with van der Waals surface area (Å²) in [5.74, 6) is -1.58. The zero-order valence-corrected chi connectivity index (χ0v) is 12.7. The number of amides is 2. The van der Waals surface area contributed by atoms with Crippen molar-refractivity contribution in [2.75, 3.05) is 31.6 Å². The number of rotatable bonds is 5. The summed E-state index contributed by atoms with van der Waals surface area (Å²) < 4.78 is 0.906. The average molecular weight is 345 g/mol. The number of hydrogen-bond donors (Lipinski definition) is 3. The Balaban J connectivity index is 2.73. The van der Waals surface area contributed by atoms with Crippen LogP contribution in [0.25, 0.3) is 0 Å². The number of aliphatic hydroxyl groups is 2. The number of anilines is 1. The molecule has 0 heterocycles. The molecule has 0 aromatic heterocycles. The summed E-state index contributed by atoms with van der Waals surface area (Å²) in [6.07, 6.45) is 0. The monoisotopic (exact) mass is 344 g/mol. The highest BCUT2D eigenvalue weighted by Gasteiger charge is 2.21. The number of carbonyl (C=O) groups is 2. The predicted molar refractivity (Wildman–Crippen MR) is 78.3 cm³/mol. The fourth-order valence-corrected chi connectivity index (χ4v) is 1.85. The van der Waals surface area contributed by atoms with Crippen LogP contribution in [0.1, 0.15) is 5.56 Å². The number of nitrogens with zero attached hydrogens (tertiary/aromatic N) is 1. The van der Waals surface area contributed by atoms with Gasteiger partial charge in [-0.3, -0.25) is 9.59 Å². The fraction of sp³-hybridized carbons (Fsp3) is 0.385. The molecule has 0 bridgehead atoms. The maximum atomic E-state index is 11.9. The molecule has 0 fully saturated rings. The molecule has 20 heavy (non-hydrogen) atoms. The normalized spacial score (nSPS) is 10.2. The lowest BCUT2D eigenvalue weighted by molar-refractivity contribution is -0.143. The second-order valence-corrected chi connectivity index (χ2v) is 5.01. The quantitative estimate of drug-likeness (QED) is 0.679. The van der Waals surface area contributed by atoms with Crippen molar-refractivity contribution < 1.29 is 19.8 Å². The van der Waals surface area contributed by atoms with Crippen molar-refractivity contribution in [2.45, 2.75) is 6.92 Å². The molecule has 2 amide bonds. The molecule has 0 atom stereocenters. The highest BCUT2D eigenvalue weighted by molar-refractivity contribution is 9.10. The van der Waals surface area contributed by atoms with Crippen LogP contribution in [-0.2, 0) is 9.59 Å². The summed E-state index contributed by atoms with van der Waals surface area (Å²) in [6, 6.07) is 5.18. The van der Waals surface area contributed by atoms with Gasteiger partial charge in [-0.1, -0.05) is 15.9 Å². The molecule has 7 heteroatoms. The third kappa shape index (κ3) is 4.59. The van der Waals surface area contributed by atoms with E-state index < -0.39 is 11.8 Å². The number of aliphatic hydroxyl groups excluding tert-OH is 2. The van der Waals surface area contributed by atoms with Crippen molar-refractivity contribution in [3.8, 4) is 0 Å². The van der Waals surface area contributed by atoms with E-state index in [-0.39, 0.29) is 26.3 Å². The van der Waals surface area contributed by atoms with E-state index in [1.54, 1.807) is 18.2 Å². The molecular weight excluding hydrogens is 328 g/mol. The van der Waals surface area contributed by atoms with E-state index in [1.807, 2.05) is 6.92 Å². The standard InChI is InChI=1S/C13H17BrN2O4/c1-9-8-10(2-3-11(9)14)15-12(19)13(20)16(4-6-17)5-7-18/h2-3,8,17-18H,4-7H2,1H3,(H,15,19).